The molecule has 1 heterocycles. The number of Topliss-reactive ketones (excluding diaryl/α,β-unsaturated/α-hetero) is 1. The number of benzene rings is 4. The summed E-state index contributed by atoms with van der Waals surface area (Å²) in [6.07, 6.45) is 0. The maximum Gasteiger partial charge on any atom is 0.239 e. The summed E-state index contributed by atoms with van der Waals surface area (Å²) >= 11 is 0. The Kier molecular flexibility index (Phi) is 4.29. The summed E-state index contributed by atoms with van der Waals surface area (Å²) in [6.45, 7) is 1.56. The Balaban J connectivity index is 1.41. The van der Waals surface area contributed by atoms with Gasteiger partial charge in [-0.25, -0.2) is 4.90 Å². The molecule has 2 atom stereocenters. The van der Waals surface area contributed by atoms with Crippen LogP contribution in [0.5, 0.6) is 0 Å². The van der Waals surface area contributed by atoms with Gasteiger partial charge in [0, 0.05) is 5.92 Å². The molecule has 4 aliphatic rings. The standard InChI is InChI=1S/C32H23NO3/c1-19(34)32-25-13-7-5-11-23(25)27(24-12-6-8-14-26(24)32)28-29(32)31(36)33(30(28)35)22-17-15-21(16-18-22)20-9-3-2-4-10-20/h2-18,27-29H,1H3. The van der Waals surface area contributed by atoms with E-state index in [1.54, 1.807) is 6.92 Å². The average molecular weight is 470 g/mol. The van der Waals surface area contributed by atoms with Crippen LogP contribution in [0.2, 0.25) is 0 Å². The van der Waals surface area contributed by atoms with Gasteiger partial charge in [0.05, 0.1) is 22.9 Å². The van der Waals surface area contributed by atoms with Crippen molar-refractivity contribution in [3.8, 4) is 11.1 Å². The van der Waals surface area contributed by atoms with Gasteiger partial charge in [-0.1, -0.05) is 91.0 Å². The van der Waals surface area contributed by atoms with Gasteiger partial charge in [0.2, 0.25) is 11.8 Å². The number of imide groups is 1. The van der Waals surface area contributed by atoms with Crippen molar-refractivity contribution in [1.82, 2.24) is 0 Å². The summed E-state index contributed by atoms with van der Waals surface area (Å²) in [4.78, 5) is 43.2. The van der Waals surface area contributed by atoms with Crippen molar-refractivity contribution in [2.75, 3.05) is 4.90 Å². The zero-order valence-electron chi connectivity index (χ0n) is 19.7. The molecule has 0 spiro atoms. The molecule has 4 heteroatoms. The zero-order chi connectivity index (χ0) is 24.6. The number of rotatable bonds is 3. The predicted molar refractivity (Wildman–Crippen MR) is 138 cm³/mol. The number of ketones is 1. The molecule has 0 radical (unpaired) electrons. The topological polar surface area (TPSA) is 54.5 Å². The minimum absolute atomic E-state index is 0.0991. The summed E-state index contributed by atoms with van der Waals surface area (Å²) < 4.78 is 0. The Hall–Kier alpha value is -4.31. The van der Waals surface area contributed by atoms with Crippen LogP contribution < -0.4 is 4.90 Å². The lowest BCUT2D eigenvalue weighted by Gasteiger charge is -2.52. The number of hydrogen-bond donors (Lipinski definition) is 0. The number of nitrogens with zero attached hydrogens (tertiary/aromatic N) is 1. The fraction of sp³-hybridized carbons (Fsp3) is 0.156. The quantitative estimate of drug-likeness (QED) is 0.373. The smallest absolute Gasteiger partial charge is 0.239 e. The van der Waals surface area contributed by atoms with E-state index in [1.165, 1.54) is 4.90 Å². The van der Waals surface area contributed by atoms with E-state index in [-0.39, 0.29) is 23.5 Å². The molecule has 3 aliphatic carbocycles. The molecule has 1 aliphatic heterocycles. The summed E-state index contributed by atoms with van der Waals surface area (Å²) in [6, 6.07) is 33.2. The highest BCUT2D eigenvalue weighted by Gasteiger charge is 2.69. The largest absolute Gasteiger partial charge is 0.299 e. The van der Waals surface area contributed by atoms with Crippen LogP contribution in [0.25, 0.3) is 11.1 Å². The molecule has 2 bridgehead atoms. The van der Waals surface area contributed by atoms with E-state index in [0.29, 0.717) is 5.69 Å². The van der Waals surface area contributed by atoms with Crippen LogP contribution in [0.1, 0.15) is 35.1 Å². The molecule has 8 rings (SSSR count). The Morgan fingerprint density at radius 3 is 1.78 bits per heavy atom. The SMILES string of the molecule is CC(=O)C12c3ccccc3C(c3ccccc31)C1C(=O)N(c3ccc(-c4ccccc4)cc3)C(=O)C12. The molecule has 1 saturated heterocycles. The second-order valence-corrected chi connectivity index (χ2v) is 9.94. The highest BCUT2D eigenvalue weighted by molar-refractivity contribution is 6.25. The maximum atomic E-state index is 14.2. The molecule has 36 heavy (non-hydrogen) atoms. The fourth-order valence-corrected chi connectivity index (χ4v) is 7.06. The van der Waals surface area contributed by atoms with Crippen molar-refractivity contribution in [2.24, 2.45) is 11.8 Å². The van der Waals surface area contributed by atoms with Gasteiger partial charge in [0.15, 0.2) is 0 Å². The van der Waals surface area contributed by atoms with Crippen LogP contribution >= 0.6 is 0 Å². The van der Waals surface area contributed by atoms with Crippen LogP contribution in [0, 0.1) is 11.8 Å². The van der Waals surface area contributed by atoms with E-state index in [0.717, 1.165) is 33.4 Å². The van der Waals surface area contributed by atoms with Crippen LogP contribution in [0.3, 0.4) is 0 Å². The second kappa shape index (κ2) is 7.34. The van der Waals surface area contributed by atoms with Crippen molar-refractivity contribution in [1.29, 1.82) is 0 Å². The van der Waals surface area contributed by atoms with E-state index < -0.39 is 17.3 Å². The number of amides is 2. The van der Waals surface area contributed by atoms with Crippen molar-refractivity contribution in [3.63, 3.8) is 0 Å². The highest BCUT2D eigenvalue weighted by Crippen LogP contribution is 2.64. The van der Waals surface area contributed by atoms with Crippen molar-refractivity contribution in [2.45, 2.75) is 18.3 Å². The first-order chi connectivity index (χ1) is 17.5. The Bertz CT molecular complexity index is 1520. The predicted octanol–water partition coefficient (Wildman–Crippen LogP) is 5.49. The van der Waals surface area contributed by atoms with Crippen molar-refractivity contribution in [3.05, 3.63) is 125 Å². The molecule has 4 nitrogen and oxygen atoms in total. The molecular weight excluding hydrogens is 446 g/mol. The molecular formula is C32H23NO3. The summed E-state index contributed by atoms with van der Waals surface area (Å²) in [5.74, 6) is -2.24. The van der Waals surface area contributed by atoms with Crippen LogP contribution in [0.15, 0.2) is 103 Å². The lowest BCUT2D eigenvalue weighted by atomic mass is 9.46. The minimum Gasteiger partial charge on any atom is -0.299 e. The second-order valence-electron chi connectivity index (χ2n) is 9.94. The third kappa shape index (κ3) is 2.46. The molecule has 0 aromatic heterocycles. The average Bonchev–Trinajstić information content (AvgIpc) is 3.19. The fourth-order valence-electron chi connectivity index (χ4n) is 7.06. The number of carbonyl (C=O) groups is 3. The molecule has 2 unspecified atom stereocenters. The highest BCUT2D eigenvalue weighted by atomic mass is 16.2. The molecule has 4 aromatic rings. The first-order valence-corrected chi connectivity index (χ1v) is 12.3. The van der Waals surface area contributed by atoms with E-state index in [9.17, 15) is 14.4 Å². The first-order valence-electron chi connectivity index (χ1n) is 12.3. The maximum absolute atomic E-state index is 14.2. The van der Waals surface area contributed by atoms with Gasteiger partial charge in [-0.2, -0.15) is 0 Å². The van der Waals surface area contributed by atoms with E-state index in [2.05, 4.69) is 0 Å². The number of carbonyl (C=O) groups excluding carboxylic acids is 3. The van der Waals surface area contributed by atoms with Gasteiger partial charge >= 0.3 is 0 Å². The molecule has 1 fully saturated rings. The summed E-state index contributed by atoms with van der Waals surface area (Å²) in [7, 11) is 0. The zero-order valence-corrected chi connectivity index (χ0v) is 19.7. The molecule has 2 amide bonds. The molecule has 0 N–H and O–H groups in total. The number of anilines is 1. The van der Waals surface area contributed by atoms with E-state index >= 15 is 0 Å². The third-order valence-corrected chi connectivity index (χ3v) is 8.41. The minimum atomic E-state index is -1.17. The monoisotopic (exact) mass is 469 g/mol. The van der Waals surface area contributed by atoms with Gasteiger partial charge in [-0.3, -0.25) is 14.4 Å². The molecule has 174 valence electrons. The van der Waals surface area contributed by atoms with Gasteiger partial charge < -0.3 is 0 Å². The van der Waals surface area contributed by atoms with Crippen LogP contribution in [-0.2, 0) is 19.8 Å². The van der Waals surface area contributed by atoms with Crippen molar-refractivity contribution < 1.29 is 14.4 Å². The lowest BCUT2D eigenvalue weighted by Crippen LogP contribution is -2.57. The third-order valence-electron chi connectivity index (χ3n) is 8.41. The lowest BCUT2D eigenvalue weighted by molar-refractivity contribution is -0.132. The van der Waals surface area contributed by atoms with Gasteiger partial charge in [-0.05, 0) is 52.4 Å². The number of hydrogen-bond acceptors (Lipinski definition) is 3. The summed E-state index contributed by atoms with van der Waals surface area (Å²) in [5, 5.41) is 0. The van der Waals surface area contributed by atoms with Gasteiger partial charge in [-0.15, -0.1) is 0 Å². The Labute approximate surface area is 209 Å². The normalized spacial score (nSPS) is 25.4. The Morgan fingerprint density at radius 2 is 1.19 bits per heavy atom. The van der Waals surface area contributed by atoms with Gasteiger partial charge in [0.1, 0.15) is 5.78 Å². The van der Waals surface area contributed by atoms with E-state index in [4.69, 9.17) is 0 Å². The van der Waals surface area contributed by atoms with Crippen LogP contribution in [-0.4, -0.2) is 17.6 Å². The van der Waals surface area contributed by atoms with Gasteiger partial charge in [0.25, 0.3) is 0 Å². The van der Waals surface area contributed by atoms with E-state index in [1.807, 2.05) is 103 Å². The molecule has 0 saturated carbocycles. The molecule has 4 aromatic carbocycles. The van der Waals surface area contributed by atoms with Crippen LogP contribution in [0.4, 0.5) is 5.69 Å². The first kappa shape index (κ1) is 21.0. The van der Waals surface area contributed by atoms with Crippen molar-refractivity contribution >= 4 is 23.3 Å². The Morgan fingerprint density at radius 1 is 0.667 bits per heavy atom. The summed E-state index contributed by atoms with van der Waals surface area (Å²) in [5.41, 5.74) is 5.15.